The third-order valence-corrected chi connectivity index (χ3v) is 3.84. The predicted molar refractivity (Wildman–Crippen MR) is 68.7 cm³/mol. The van der Waals surface area contributed by atoms with Gasteiger partial charge in [0.1, 0.15) is 0 Å². The number of likely N-dealkylation sites (N-methyl/N-ethyl adjacent to an activating group) is 2. The number of nitrogens with zero attached hydrogens (tertiary/aromatic N) is 1. The van der Waals surface area contributed by atoms with Gasteiger partial charge in [0.2, 0.25) is 0 Å². The summed E-state index contributed by atoms with van der Waals surface area (Å²) in [6.45, 7) is 1.34. The van der Waals surface area contributed by atoms with Crippen molar-refractivity contribution in [1.29, 1.82) is 0 Å². The Bertz CT molecular complexity index is 167. The van der Waals surface area contributed by atoms with E-state index in [9.17, 15) is 0 Å². The van der Waals surface area contributed by atoms with Gasteiger partial charge < -0.3 is 15.3 Å². The van der Waals surface area contributed by atoms with E-state index in [1.54, 1.807) is 0 Å². The Morgan fingerprint density at radius 2 is 1.88 bits per heavy atom. The monoisotopic (exact) mass is 228 g/mol. The Hall–Kier alpha value is -0.120. The normalized spacial score (nSPS) is 21.0. The highest BCUT2D eigenvalue weighted by atomic mass is 16.3. The fraction of sp³-hybridized carbons (Fsp3) is 1.00. The quantitative estimate of drug-likeness (QED) is 0.678. The molecule has 0 aliphatic heterocycles. The van der Waals surface area contributed by atoms with Crippen molar-refractivity contribution >= 4 is 0 Å². The molecule has 16 heavy (non-hydrogen) atoms. The SMILES string of the molecule is CNC(CCO)CN(C)C1CCCCCC1. The molecule has 0 radical (unpaired) electrons. The summed E-state index contributed by atoms with van der Waals surface area (Å²) in [6.07, 6.45) is 9.16. The van der Waals surface area contributed by atoms with Crippen molar-refractivity contribution in [2.75, 3.05) is 27.2 Å². The van der Waals surface area contributed by atoms with Crippen LogP contribution in [0.25, 0.3) is 0 Å². The number of nitrogens with one attached hydrogen (secondary N) is 1. The lowest BCUT2D eigenvalue weighted by Gasteiger charge is -2.30. The summed E-state index contributed by atoms with van der Waals surface area (Å²) in [5.41, 5.74) is 0. The second-order valence-corrected chi connectivity index (χ2v) is 5.08. The van der Waals surface area contributed by atoms with Gasteiger partial charge in [0.25, 0.3) is 0 Å². The van der Waals surface area contributed by atoms with E-state index >= 15 is 0 Å². The fourth-order valence-electron chi connectivity index (χ4n) is 2.68. The second kappa shape index (κ2) is 8.04. The zero-order valence-electron chi connectivity index (χ0n) is 10.9. The molecule has 0 saturated heterocycles. The molecule has 96 valence electrons. The molecule has 1 atom stereocenters. The summed E-state index contributed by atoms with van der Waals surface area (Å²) in [6, 6.07) is 1.19. The van der Waals surface area contributed by atoms with Crippen LogP contribution in [-0.4, -0.2) is 49.3 Å². The maximum absolute atomic E-state index is 8.98. The van der Waals surface area contributed by atoms with Crippen LogP contribution in [-0.2, 0) is 0 Å². The Labute approximate surface area is 100 Å². The first-order valence-corrected chi connectivity index (χ1v) is 6.76. The highest BCUT2D eigenvalue weighted by Gasteiger charge is 2.19. The Morgan fingerprint density at radius 1 is 1.25 bits per heavy atom. The van der Waals surface area contributed by atoms with E-state index in [2.05, 4.69) is 17.3 Å². The van der Waals surface area contributed by atoms with Gasteiger partial charge in [-0.25, -0.2) is 0 Å². The van der Waals surface area contributed by atoms with Gasteiger partial charge in [-0.05, 0) is 33.4 Å². The maximum Gasteiger partial charge on any atom is 0.0446 e. The minimum atomic E-state index is 0.282. The molecule has 0 spiro atoms. The van der Waals surface area contributed by atoms with Crippen molar-refractivity contribution in [2.24, 2.45) is 0 Å². The largest absolute Gasteiger partial charge is 0.396 e. The standard InChI is InChI=1S/C13H28N2O/c1-14-12(9-10-16)11-15(2)13-7-5-3-4-6-8-13/h12-14,16H,3-11H2,1-2H3. The van der Waals surface area contributed by atoms with Gasteiger partial charge >= 0.3 is 0 Å². The summed E-state index contributed by atoms with van der Waals surface area (Å²) in [5.74, 6) is 0. The zero-order valence-corrected chi connectivity index (χ0v) is 10.9. The van der Waals surface area contributed by atoms with E-state index < -0.39 is 0 Å². The van der Waals surface area contributed by atoms with E-state index in [-0.39, 0.29) is 6.61 Å². The summed E-state index contributed by atoms with van der Waals surface area (Å²) in [5, 5.41) is 12.3. The Kier molecular flexibility index (Phi) is 7.01. The molecule has 1 unspecified atom stereocenters. The average Bonchev–Trinajstić information content (AvgIpc) is 2.56. The average molecular weight is 228 g/mol. The molecule has 1 rings (SSSR count). The fourth-order valence-corrected chi connectivity index (χ4v) is 2.68. The first kappa shape index (κ1) is 13.9. The highest BCUT2D eigenvalue weighted by molar-refractivity contribution is 4.76. The molecule has 1 saturated carbocycles. The molecular weight excluding hydrogens is 200 g/mol. The number of rotatable bonds is 6. The molecule has 0 aromatic heterocycles. The Morgan fingerprint density at radius 3 is 2.38 bits per heavy atom. The van der Waals surface area contributed by atoms with Gasteiger partial charge in [0.15, 0.2) is 0 Å². The van der Waals surface area contributed by atoms with E-state index in [0.717, 1.165) is 19.0 Å². The smallest absolute Gasteiger partial charge is 0.0446 e. The van der Waals surface area contributed by atoms with Crippen LogP contribution in [0, 0.1) is 0 Å². The van der Waals surface area contributed by atoms with Crippen LogP contribution < -0.4 is 5.32 Å². The number of aliphatic hydroxyl groups excluding tert-OH is 1. The molecule has 1 fully saturated rings. The molecule has 2 N–H and O–H groups in total. The van der Waals surface area contributed by atoms with Crippen LogP contribution in [0.15, 0.2) is 0 Å². The van der Waals surface area contributed by atoms with Crippen molar-refractivity contribution in [1.82, 2.24) is 10.2 Å². The molecule has 1 aliphatic carbocycles. The summed E-state index contributed by atoms with van der Waals surface area (Å²) in [4.78, 5) is 2.49. The van der Waals surface area contributed by atoms with E-state index in [0.29, 0.717) is 6.04 Å². The van der Waals surface area contributed by atoms with Crippen molar-refractivity contribution < 1.29 is 5.11 Å². The van der Waals surface area contributed by atoms with E-state index in [1.165, 1.54) is 38.5 Å². The van der Waals surface area contributed by atoms with Gasteiger partial charge in [-0.3, -0.25) is 0 Å². The van der Waals surface area contributed by atoms with Crippen LogP contribution >= 0.6 is 0 Å². The van der Waals surface area contributed by atoms with Gasteiger partial charge in [-0.15, -0.1) is 0 Å². The molecule has 3 nitrogen and oxygen atoms in total. The maximum atomic E-state index is 8.98. The van der Waals surface area contributed by atoms with Gasteiger partial charge in [0.05, 0.1) is 0 Å². The lowest BCUT2D eigenvalue weighted by atomic mass is 10.1. The zero-order chi connectivity index (χ0) is 11.8. The summed E-state index contributed by atoms with van der Waals surface area (Å²) < 4.78 is 0. The van der Waals surface area contributed by atoms with E-state index in [4.69, 9.17) is 5.11 Å². The lowest BCUT2D eigenvalue weighted by Crippen LogP contribution is -2.42. The molecule has 1 aliphatic rings. The summed E-state index contributed by atoms with van der Waals surface area (Å²) >= 11 is 0. The minimum Gasteiger partial charge on any atom is -0.396 e. The lowest BCUT2D eigenvalue weighted by molar-refractivity contribution is 0.183. The molecule has 0 aromatic carbocycles. The third-order valence-electron chi connectivity index (χ3n) is 3.84. The molecule has 3 heteroatoms. The van der Waals surface area contributed by atoms with Crippen LogP contribution in [0.3, 0.4) is 0 Å². The van der Waals surface area contributed by atoms with Crippen LogP contribution in [0.1, 0.15) is 44.9 Å². The number of hydrogen-bond acceptors (Lipinski definition) is 3. The van der Waals surface area contributed by atoms with Crippen molar-refractivity contribution in [3.05, 3.63) is 0 Å². The number of aliphatic hydroxyl groups is 1. The molecule has 0 bridgehead atoms. The van der Waals surface area contributed by atoms with Crippen molar-refractivity contribution in [2.45, 2.75) is 57.0 Å². The third kappa shape index (κ3) is 4.81. The Balaban J connectivity index is 2.33. The van der Waals surface area contributed by atoms with Gasteiger partial charge in [0, 0.05) is 25.2 Å². The van der Waals surface area contributed by atoms with Gasteiger partial charge in [-0.1, -0.05) is 25.7 Å². The van der Waals surface area contributed by atoms with E-state index in [1.807, 2.05) is 7.05 Å². The minimum absolute atomic E-state index is 0.282. The van der Waals surface area contributed by atoms with Crippen LogP contribution in [0.5, 0.6) is 0 Å². The second-order valence-electron chi connectivity index (χ2n) is 5.08. The highest BCUT2D eigenvalue weighted by Crippen LogP contribution is 2.21. The van der Waals surface area contributed by atoms with Gasteiger partial charge in [-0.2, -0.15) is 0 Å². The van der Waals surface area contributed by atoms with Crippen LogP contribution in [0.2, 0.25) is 0 Å². The van der Waals surface area contributed by atoms with Crippen molar-refractivity contribution in [3.8, 4) is 0 Å². The molecule has 0 heterocycles. The van der Waals surface area contributed by atoms with Crippen molar-refractivity contribution in [3.63, 3.8) is 0 Å². The van der Waals surface area contributed by atoms with Crippen LogP contribution in [0.4, 0.5) is 0 Å². The summed E-state index contributed by atoms with van der Waals surface area (Å²) in [7, 11) is 4.22. The first-order valence-electron chi connectivity index (χ1n) is 6.76. The first-order chi connectivity index (χ1) is 7.77. The number of hydrogen-bond donors (Lipinski definition) is 2. The molecule has 0 aromatic rings. The molecule has 0 amide bonds. The molecular formula is C13H28N2O. The topological polar surface area (TPSA) is 35.5 Å². The predicted octanol–water partition coefficient (Wildman–Crippen LogP) is 1.61.